The van der Waals surface area contributed by atoms with Crippen molar-refractivity contribution in [3.05, 3.63) is 65.4 Å². The van der Waals surface area contributed by atoms with Gasteiger partial charge in [-0.25, -0.2) is 9.69 Å². The summed E-state index contributed by atoms with van der Waals surface area (Å²) in [4.78, 5) is 38.7. The van der Waals surface area contributed by atoms with Gasteiger partial charge < -0.3 is 10.6 Å². The summed E-state index contributed by atoms with van der Waals surface area (Å²) >= 11 is 1.62. The third-order valence-electron chi connectivity index (χ3n) is 4.03. The lowest BCUT2D eigenvalue weighted by molar-refractivity contribution is -0.127. The minimum Gasteiger partial charge on any atom is -0.325 e. The van der Waals surface area contributed by atoms with Gasteiger partial charge in [0.1, 0.15) is 12.2 Å². The predicted molar refractivity (Wildman–Crippen MR) is 106 cm³/mol. The Kier molecular flexibility index (Phi) is 5.61. The quantitative estimate of drug-likeness (QED) is 0.473. The highest BCUT2D eigenvalue weighted by atomic mass is 32.2. The Balaban J connectivity index is 1.67. The van der Waals surface area contributed by atoms with Crippen molar-refractivity contribution in [1.29, 1.82) is 0 Å². The molecule has 0 saturated carbocycles. The van der Waals surface area contributed by atoms with Crippen LogP contribution in [0.3, 0.4) is 0 Å². The number of hydrogen-bond donors (Lipinski definition) is 2. The van der Waals surface area contributed by atoms with Crippen molar-refractivity contribution in [1.82, 2.24) is 10.2 Å². The number of carbonyl (C=O) groups excluding carboxylic acids is 3. The van der Waals surface area contributed by atoms with Crippen molar-refractivity contribution in [3.8, 4) is 0 Å². The second-order valence-corrected chi connectivity index (χ2v) is 6.95. The molecule has 0 atom stereocenters. The average molecular weight is 381 g/mol. The van der Waals surface area contributed by atoms with Gasteiger partial charge in [-0.2, -0.15) is 0 Å². The van der Waals surface area contributed by atoms with Crippen LogP contribution < -0.4 is 10.6 Å². The molecule has 3 rings (SSSR count). The van der Waals surface area contributed by atoms with Gasteiger partial charge >= 0.3 is 6.03 Å². The van der Waals surface area contributed by atoms with Crippen LogP contribution in [0.4, 0.5) is 10.5 Å². The zero-order valence-corrected chi connectivity index (χ0v) is 15.8. The summed E-state index contributed by atoms with van der Waals surface area (Å²) in [6.07, 6.45) is 3.58. The topological polar surface area (TPSA) is 78.5 Å². The molecule has 0 aliphatic carbocycles. The Labute approximate surface area is 161 Å². The number of nitrogens with one attached hydrogen (secondary N) is 2. The number of amides is 4. The summed E-state index contributed by atoms with van der Waals surface area (Å²) in [5.74, 6) is -0.957. The standard InChI is InChI=1S/C20H19N3O3S/c1-13-3-7-15(8-4-13)21-18(24)12-23-19(25)17(22-20(23)26)11-14-5-9-16(27-2)10-6-14/h3-11H,12H2,1-2H3,(H,21,24)(H,22,26). The van der Waals surface area contributed by atoms with E-state index in [4.69, 9.17) is 0 Å². The smallest absolute Gasteiger partial charge is 0.325 e. The summed E-state index contributed by atoms with van der Waals surface area (Å²) in [6, 6.07) is 14.3. The molecule has 138 valence electrons. The van der Waals surface area contributed by atoms with Gasteiger partial charge in [0.2, 0.25) is 5.91 Å². The number of anilines is 1. The number of urea groups is 1. The summed E-state index contributed by atoms with van der Waals surface area (Å²) in [5.41, 5.74) is 2.63. The Morgan fingerprint density at radius 1 is 1.11 bits per heavy atom. The first kappa shape index (κ1) is 18.7. The lowest BCUT2D eigenvalue weighted by atomic mass is 10.2. The molecule has 0 bridgehead atoms. The van der Waals surface area contributed by atoms with E-state index in [1.807, 2.05) is 49.6 Å². The number of rotatable bonds is 5. The van der Waals surface area contributed by atoms with E-state index >= 15 is 0 Å². The third-order valence-corrected chi connectivity index (χ3v) is 4.77. The van der Waals surface area contributed by atoms with E-state index in [0.29, 0.717) is 5.69 Å². The summed E-state index contributed by atoms with van der Waals surface area (Å²) < 4.78 is 0. The monoisotopic (exact) mass is 381 g/mol. The highest BCUT2D eigenvalue weighted by Gasteiger charge is 2.34. The Morgan fingerprint density at radius 3 is 2.41 bits per heavy atom. The fourth-order valence-corrected chi connectivity index (χ4v) is 2.97. The molecule has 1 saturated heterocycles. The predicted octanol–water partition coefficient (Wildman–Crippen LogP) is 3.25. The number of hydrogen-bond acceptors (Lipinski definition) is 4. The third kappa shape index (κ3) is 4.57. The first-order chi connectivity index (χ1) is 13.0. The van der Waals surface area contributed by atoms with Gasteiger partial charge in [0.25, 0.3) is 5.91 Å². The van der Waals surface area contributed by atoms with Gasteiger partial charge in [0.15, 0.2) is 0 Å². The molecular weight excluding hydrogens is 362 g/mol. The van der Waals surface area contributed by atoms with Gasteiger partial charge in [-0.1, -0.05) is 29.8 Å². The normalized spacial score (nSPS) is 15.2. The number of aryl methyl sites for hydroxylation is 1. The fourth-order valence-electron chi connectivity index (χ4n) is 2.56. The molecule has 4 amide bonds. The van der Waals surface area contributed by atoms with E-state index in [0.717, 1.165) is 20.9 Å². The van der Waals surface area contributed by atoms with Crippen molar-refractivity contribution in [2.75, 3.05) is 18.1 Å². The van der Waals surface area contributed by atoms with Crippen LogP contribution in [0.5, 0.6) is 0 Å². The van der Waals surface area contributed by atoms with Crippen LogP contribution in [0.2, 0.25) is 0 Å². The minimum atomic E-state index is -0.606. The molecule has 2 aromatic rings. The van der Waals surface area contributed by atoms with Crippen LogP contribution in [0.1, 0.15) is 11.1 Å². The van der Waals surface area contributed by atoms with Crippen molar-refractivity contribution >= 4 is 41.4 Å². The van der Waals surface area contributed by atoms with Gasteiger partial charge in [-0.3, -0.25) is 9.59 Å². The largest absolute Gasteiger partial charge is 0.329 e. The van der Waals surface area contributed by atoms with Crippen LogP contribution in [0.15, 0.2) is 59.1 Å². The highest BCUT2D eigenvalue weighted by Crippen LogP contribution is 2.18. The number of thioether (sulfide) groups is 1. The molecular formula is C20H19N3O3S. The number of nitrogens with zero attached hydrogens (tertiary/aromatic N) is 1. The van der Waals surface area contributed by atoms with E-state index < -0.39 is 17.8 Å². The number of benzene rings is 2. The molecule has 6 nitrogen and oxygen atoms in total. The number of imide groups is 1. The van der Waals surface area contributed by atoms with E-state index in [2.05, 4.69) is 10.6 Å². The number of carbonyl (C=O) groups is 3. The molecule has 1 fully saturated rings. The Bertz CT molecular complexity index is 905. The van der Waals surface area contributed by atoms with Crippen molar-refractivity contribution in [2.45, 2.75) is 11.8 Å². The van der Waals surface area contributed by atoms with Crippen molar-refractivity contribution < 1.29 is 14.4 Å². The van der Waals surface area contributed by atoms with Crippen LogP contribution in [-0.4, -0.2) is 35.5 Å². The second kappa shape index (κ2) is 8.09. The van der Waals surface area contributed by atoms with Gasteiger partial charge in [0.05, 0.1) is 0 Å². The zero-order chi connectivity index (χ0) is 19.4. The maximum atomic E-state index is 12.5. The molecule has 2 N–H and O–H groups in total. The second-order valence-electron chi connectivity index (χ2n) is 6.07. The maximum absolute atomic E-state index is 12.5. The Hall–Kier alpha value is -3.06. The molecule has 7 heteroatoms. The van der Waals surface area contributed by atoms with Gasteiger partial charge in [0, 0.05) is 10.6 Å². The van der Waals surface area contributed by atoms with E-state index in [1.165, 1.54) is 0 Å². The molecule has 27 heavy (non-hydrogen) atoms. The zero-order valence-electron chi connectivity index (χ0n) is 15.0. The molecule has 0 spiro atoms. The lowest BCUT2D eigenvalue weighted by Gasteiger charge is -2.12. The highest BCUT2D eigenvalue weighted by molar-refractivity contribution is 7.98. The first-order valence-electron chi connectivity index (χ1n) is 8.31. The van der Waals surface area contributed by atoms with Crippen LogP contribution in [-0.2, 0) is 9.59 Å². The first-order valence-corrected chi connectivity index (χ1v) is 9.54. The van der Waals surface area contributed by atoms with Crippen LogP contribution in [0.25, 0.3) is 6.08 Å². The molecule has 2 aromatic carbocycles. The minimum absolute atomic E-state index is 0.153. The van der Waals surface area contributed by atoms with Crippen molar-refractivity contribution in [2.24, 2.45) is 0 Å². The van der Waals surface area contributed by atoms with Gasteiger partial charge in [-0.15, -0.1) is 11.8 Å². The van der Waals surface area contributed by atoms with Crippen molar-refractivity contribution in [3.63, 3.8) is 0 Å². The average Bonchev–Trinajstić information content (AvgIpc) is 2.91. The van der Waals surface area contributed by atoms with E-state index in [1.54, 1.807) is 30.0 Å². The van der Waals surface area contributed by atoms with E-state index in [-0.39, 0.29) is 12.2 Å². The van der Waals surface area contributed by atoms with Crippen LogP contribution >= 0.6 is 11.8 Å². The summed E-state index contributed by atoms with van der Waals surface area (Å²) in [7, 11) is 0. The maximum Gasteiger partial charge on any atom is 0.329 e. The Morgan fingerprint density at radius 2 is 1.78 bits per heavy atom. The summed E-state index contributed by atoms with van der Waals surface area (Å²) in [6.45, 7) is 1.60. The lowest BCUT2D eigenvalue weighted by Crippen LogP contribution is -2.38. The molecule has 0 radical (unpaired) electrons. The molecule has 1 aliphatic rings. The van der Waals surface area contributed by atoms with Crippen LogP contribution in [0, 0.1) is 6.92 Å². The fraction of sp³-hybridized carbons (Fsp3) is 0.150. The molecule has 1 heterocycles. The molecule has 0 aromatic heterocycles. The van der Waals surface area contributed by atoms with Gasteiger partial charge in [-0.05, 0) is 49.1 Å². The van der Waals surface area contributed by atoms with E-state index in [9.17, 15) is 14.4 Å². The summed E-state index contributed by atoms with van der Waals surface area (Å²) in [5, 5.41) is 5.20. The SMILES string of the molecule is CSc1ccc(C=C2NC(=O)N(CC(=O)Nc3ccc(C)cc3)C2=O)cc1. The molecule has 1 aliphatic heterocycles. The molecule has 0 unspecified atom stereocenters.